The van der Waals surface area contributed by atoms with Crippen LogP contribution >= 0.6 is 0 Å². The summed E-state index contributed by atoms with van der Waals surface area (Å²) in [6, 6.07) is 76.0. The van der Waals surface area contributed by atoms with Gasteiger partial charge in [0.2, 0.25) is 0 Å². The van der Waals surface area contributed by atoms with Crippen LogP contribution in [0.15, 0.2) is 215 Å². The molecule has 0 saturated carbocycles. The Hall–Kier alpha value is -8.86. The van der Waals surface area contributed by atoms with Gasteiger partial charge in [0.05, 0.1) is 0 Å². The van der Waals surface area contributed by atoms with E-state index in [1.165, 1.54) is 55.6 Å². The molecule has 2 aliphatic carbocycles. The van der Waals surface area contributed by atoms with Gasteiger partial charge >= 0.3 is 0 Å². The standard InChI is InChI=1S/C70H52N2O2/c1-41-15-7-13-21-63(41)71(49-27-29-53-51-17-9-11-19-59(51)69(3,4)61(53)37-49)47-25-23-43-33-55-57-39-68-58(40-67(57)73-65(55)35-45(43)31-47)56-34-44-24-26-48(32-46(44)36-66(56)74-68)72(64-22-14-8-16-42(64)2)50-28-30-54-52-18-10-12-20-60(52)70(5,6)62(54)38-50/h7-40H,1-6H3. The molecule has 0 atom stereocenters. The van der Waals surface area contributed by atoms with Crippen LogP contribution in [-0.4, -0.2) is 0 Å². The first-order chi connectivity index (χ1) is 36.0. The highest BCUT2D eigenvalue weighted by molar-refractivity contribution is 6.18. The van der Waals surface area contributed by atoms with E-state index in [2.05, 4.69) is 258 Å². The quantitative estimate of drug-likeness (QED) is 0.166. The lowest BCUT2D eigenvalue weighted by Crippen LogP contribution is -2.16. The van der Waals surface area contributed by atoms with Crippen molar-refractivity contribution < 1.29 is 8.83 Å². The van der Waals surface area contributed by atoms with Gasteiger partial charge in [0.25, 0.3) is 0 Å². The summed E-state index contributed by atoms with van der Waals surface area (Å²) >= 11 is 0. The van der Waals surface area contributed by atoms with Gasteiger partial charge < -0.3 is 18.6 Å². The topological polar surface area (TPSA) is 32.8 Å². The van der Waals surface area contributed by atoms with E-state index in [-0.39, 0.29) is 10.8 Å². The van der Waals surface area contributed by atoms with Crippen molar-refractivity contribution in [3.05, 3.63) is 240 Å². The highest BCUT2D eigenvalue weighted by Gasteiger charge is 2.37. The molecule has 15 rings (SSSR count). The van der Waals surface area contributed by atoms with Crippen LogP contribution in [0.1, 0.15) is 61.1 Å². The predicted molar refractivity (Wildman–Crippen MR) is 310 cm³/mol. The summed E-state index contributed by atoms with van der Waals surface area (Å²) in [6.07, 6.45) is 0. The fourth-order valence-electron chi connectivity index (χ4n) is 12.9. The maximum absolute atomic E-state index is 6.80. The number of benzene rings is 11. The summed E-state index contributed by atoms with van der Waals surface area (Å²) in [4.78, 5) is 4.82. The number of aryl methyl sites for hydroxylation is 2. The molecular weight excluding hydrogens is 901 g/mol. The molecule has 0 fully saturated rings. The fraction of sp³-hybridized carbons (Fsp3) is 0.114. The Kier molecular flexibility index (Phi) is 8.87. The number of furan rings is 2. The second-order valence-corrected chi connectivity index (χ2v) is 21.9. The molecule has 0 bridgehead atoms. The molecule has 0 unspecified atom stereocenters. The maximum Gasteiger partial charge on any atom is 0.136 e. The third-order valence-corrected chi connectivity index (χ3v) is 16.8. The molecule has 354 valence electrons. The number of anilines is 6. The van der Waals surface area contributed by atoms with E-state index in [9.17, 15) is 0 Å². The average molecular weight is 953 g/mol. The van der Waals surface area contributed by atoms with Crippen LogP contribution in [0.3, 0.4) is 0 Å². The Morgan fingerprint density at radius 3 is 1.09 bits per heavy atom. The number of hydrogen-bond donors (Lipinski definition) is 0. The van der Waals surface area contributed by atoms with Gasteiger partial charge in [0.1, 0.15) is 22.3 Å². The van der Waals surface area contributed by atoms with Crippen molar-refractivity contribution >= 4 is 99.5 Å². The highest BCUT2D eigenvalue weighted by Crippen LogP contribution is 2.53. The van der Waals surface area contributed by atoms with Crippen LogP contribution in [0.25, 0.3) is 87.7 Å². The van der Waals surface area contributed by atoms with Crippen molar-refractivity contribution in [1.29, 1.82) is 0 Å². The number of para-hydroxylation sites is 2. The predicted octanol–water partition coefficient (Wildman–Crippen LogP) is 20.0. The summed E-state index contributed by atoms with van der Waals surface area (Å²) < 4.78 is 13.6. The van der Waals surface area contributed by atoms with E-state index in [0.29, 0.717) is 0 Å². The van der Waals surface area contributed by atoms with Crippen molar-refractivity contribution in [3.8, 4) is 22.3 Å². The molecule has 13 aromatic rings. The minimum atomic E-state index is -0.109. The number of nitrogens with zero attached hydrogens (tertiary/aromatic N) is 2. The lowest BCUT2D eigenvalue weighted by atomic mass is 9.82. The van der Waals surface area contributed by atoms with Crippen molar-refractivity contribution in [2.24, 2.45) is 0 Å². The molecule has 2 heterocycles. The fourth-order valence-corrected chi connectivity index (χ4v) is 12.9. The van der Waals surface area contributed by atoms with Crippen LogP contribution in [0.2, 0.25) is 0 Å². The van der Waals surface area contributed by atoms with Crippen LogP contribution in [0.4, 0.5) is 34.1 Å². The summed E-state index contributed by atoms with van der Waals surface area (Å²) in [7, 11) is 0. The molecule has 4 heteroatoms. The molecule has 2 aliphatic rings. The Labute approximate surface area is 430 Å². The minimum Gasteiger partial charge on any atom is -0.456 e. The first-order valence-corrected chi connectivity index (χ1v) is 25.9. The number of hydrogen-bond acceptors (Lipinski definition) is 4. The van der Waals surface area contributed by atoms with Crippen molar-refractivity contribution in [3.63, 3.8) is 0 Å². The normalized spacial score (nSPS) is 14.0. The minimum absolute atomic E-state index is 0.109. The van der Waals surface area contributed by atoms with Gasteiger partial charge in [-0.3, -0.25) is 0 Å². The van der Waals surface area contributed by atoms with E-state index >= 15 is 0 Å². The van der Waals surface area contributed by atoms with Gasteiger partial charge in [-0.1, -0.05) is 137 Å². The van der Waals surface area contributed by atoms with Crippen molar-refractivity contribution in [1.82, 2.24) is 0 Å². The smallest absolute Gasteiger partial charge is 0.136 e. The maximum atomic E-state index is 6.80. The highest BCUT2D eigenvalue weighted by atomic mass is 16.3. The first-order valence-electron chi connectivity index (χ1n) is 25.9. The van der Waals surface area contributed by atoms with E-state index in [1.807, 2.05) is 0 Å². The number of fused-ring (bicyclic) bond motifs is 14. The van der Waals surface area contributed by atoms with Gasteiger partial charge in [-0.25, -0.2) is 0 Å². The Morgan fingerprint density at radius 2 is 0.649 bits per heavy atom. The van der Waals surface area contributed by atoms with Crippen LogP contribution in [0.5, 0.6) is 0 Å². The summed E-state index contributed by atoms with van der Waals surface area (Å²) in [6.45, 7) is 13.8. The van der Waals surface area contributed by atoms with Gasteiger partial charge in [-0.2, -0.15) is 0 Å². The number of rotatable bonds is 6. The third kappa shape index (κ3) is 6.15. The van der Waals surface area contributed by atoms with Gasteiger partial charge in [0, 0.05) is 66.5 Å². The van der Waals surface area contributed by atoms with E-state index in [0.717, 1.165) is 99.5 Å². The Morgan fingerprint density at radius 1 is 0.297 bits per heavy atom. The molecule has 2 aromatic heterocycles. The van der Waals surface area contributed by atoms with Crippen LogP contribution in [-0.2, 0) is 10.8 Å². The van der Waals surface area contributed by atoms with Crippen molar-refractivity contribution in [2.45, 2.75) is 52.4 Å². The third-order valence-electron chi connectivity index (χ3n) is 16.8. The first kappa shape index (κ1) is 42.8. The van der Waals surface area contributed by atoms with E-state index in [4.69, 9.17) is 8.83 Å². The molecule has 0 radical (unpaired) electrons. The monoisotopic (exact) mass is 952 g/mol. The van der Waals surface area contributed by atoms with Gasteiger partial charge in [-0.15, -0.1) is 0 Å². The molecule has 11 aromatic carbocycles. The molecular formula is C70H52N2O2. The molecule has 0 saturated heterocycles. The molecule has 0 spiro atoms. The summed E-state index contributed by atoms with van der Waals surface area (Å²) in [5.41, 5.74) is 23.1. The Balaban J connectivity index is 0.812. The lowest BCUT2D eigenvalue weighted by Gasteiger charge is -2.29. The van der Waals surface area contributed by atoms with Crippen LogP contribution < -0.4 is 9.80 Å². The van der Waals surface area contributed by atoms with Gasteiger partial charge in [0.15, 0.2) is 0 Å². The molecule has 0 N–H and O–H groups in total. The molecule has 0 aliphatic heterocycles. The zero-order valence-electron chi connectivity index (χ0n) is 42.3. The van der Waals surface area contributed by atoms with Crippen LogP contribution in [0, 0.1) is 13.8 Å². The average Bonchev–Trinajstić information content (AvgIpc) is 4.10. The second-order valence-electron chi connectivity index (χ2n) is 21.9. The second kappa shape index (κ2) is 15.3. The largest absolute Gasteiger partial charge is 0.456 e. The molecule has 74 heavy (non-hydrogen) atoms. The lowest BCUT2D eigenvalue weighted by molar-refractivity contribution is 0.660. The van der Waals surface area contributed by atoms with E-state index < -0.39 is 0 Å². The molecule has 4 nitrogen and oxygen atoms in total. The SMILES string of the molecule is Cc1ccccc1N(c1ccc2c(c1)C(C)(C)c1ccccc1-2)c1ccc2cc3c(cc2c1)oc1cc2c(cc13)oc1cc3cc(N(c4ccc5c(c4)C(C)(C)c4ccccc4-5)c4ccccc4C)ccc3cc12. The van der Waals surface area contributed by atoms with Gasteiger partial charge in [-0.05, 0) is 188 Å². The molecule has 0 amide bonds. The van der Waals surface area contributed by atoms with E-state index in [1.54, 1.807) is 0 Å². The zero-order valence-corrected chi connectivity index (χ0v) is 42.3. The summed E-state index contributed by atoms with van der Waals surface area (Å²) in [5, 5.41) is 8.77. The zero-order chi connectivity index (χ0) is 49.8. The summed E-state index contributed by atoms with van der Waals surface area (Å²) in [5.74, 6) is 0. The Bertz CT molecular complexity index is 4250. The van der Waals surface area contributed by atoms with Crippen molar-refractivity contribution in [2.75, 3.05) is 9.80 Å².